The molecule has 0 aliphatic rings. The van der Waals surface area contributed by atoms with Crippen LogP contribution in [0.25, 0.3) is 0 Å². The van der Waals surface area contributed by atoms with Crippen molar-refractivity contribution in [2.75, 3.05) is 11.9 Å². The molecule has 0 aromatic heterocycles. The predicted molar refractivity (Wildman–Crippen MR) is 119 cm³/mol. The lowest BCUT2D eigenvalue weighted by Gasteiger charge is -2.19. The number of nitrogens with one attached hydrogen (secondary N) is 3. The first kappa shape index (κ1) is 23.4. The SMILES string of the molecule is CC(C)CC(=O)NC(C(=O)NCCCC(=O)Nc1ccc(Cl)cc1)c1ccccc1. The fraction of sp³-hybridized carbons (Fsp3) is 0.348. The molecular weight excluding hydrogens is 402 g/mol. The molecule has 0 aliphatic heterocycles. The minimum atomic E-state index is -0.764. The van der Waals surface area contributed by atoms with Gasteiger partial charge in [-0.15, -0.1) is 0 Å². The van der Waals surface area contributed by atoms with Crippen LogP contribution in [-0.2, 0) is 14.4 Å². The van der Waals surface area contributed by atoms with Crippen molar-refractivity contribution in [2.45, 2.75) is 39.2 Å². The molecule has 160 valence electrons. The number of hydrogen-bond donors (Lipinski definition) is 3. The minimum Gasteiger partial charge on any atom is -0.354 e. The number of carbonyl (C=O) groups excluding carboxylic acids is 3. The molecule has 1 unspecified atom stereocenters. The van der Waals surface area contributed by atoms with Gasteiger partial charge in [-0.05, 0) is 42.2 Å². The number of rotatable bonds is 10. The molecule has 3 amide bonds. The standard InChI is InChI=1S/C23H28ClN3O3/c1-16(2)15-21(29)27-22(17-7-4-3-5-8-17)23(30)25-14-6-9-20(28)26-19-12-10-18(24)11-13-19/h3-5,7-8,10-13,16,22H,6,9,14-15H2,1-2H3,(H,25,30)(H,26,28)(H,27,29). The number of hydrogen-bond acceptors (Lipinski definition) is 3. The molecule has 2 aromatic carbocycles. The molecule has 0 saturated heterocycles. The predicted octanol–water partition coefficient (Wildman–Crippen LogP) is 4.08. The van der Waals surface area contributed by atoms with Gasteiger partial charge >= 0.3 is 0 Å². The van der Waals surface area contributed by atoms with Gasteiger partial charge in [-0.3, -0.25) is 14.4 Å². The van der Waals surface area contributed by atoms with Gasteiger partial charge < -0.3 is 16.0 Å². The highest BCUT2D eigenvalue weighted by molar-refractivity contribution is 6.30. The summed E-state index contributed by atoms with van der Waals surface area (Å²) in [6.45, 7) is 4.23. The van der Waals surface area contributed by atoms with Crippen molar-refractivity contribution >= 4 is 35.0 Å². The van der Waals surface area contributed by atoms with E-state index in [9.17, 15) is 14.4 Å². The summed E-state index contributed by atoms with van der Waals surface area (Å²) in [4.78, 5) is 36.9. The topological polar surface area (TPSA) is 87.3 Å². The maximum absolute atomic E-state index is 12.7. The highest BCUT2D eigenvalue weighted by Gasteiger charge is 2.22. The fourth-order valence-electron chi connectivity index (χ4n) is 2.86. The van der Waals surface area contributed by atoms with Gasteiger partial charge in [0.1, 0.15) is 6.04 Å². The second-order valence-corrected chi connectivity index (χ2v) is 7.90. The van der Waals surface area contributed by atoms with E-state index in [4.69, 9.17) is 11.6 Å². The molecule has 0 fully saturated rings. The number of benzene rings is 2. The number of halogens is 1. The summed E-state index contributed by atoms with van der Waals surface area (Å²) >= 11 is 5.83. The first-order valence-corrected chi connectivity index (χ1v) is 10.4. The molecule has 0 heterocycles. The van der Waals surface area contributed by atoms with Gasteiger partial charge in [0.05, 0.1) is 0 Å². The first-order chi connectivity index (χ1) is 14.3. The maximum Gasteiger partial charge on any atom is 0.247 e. The van der Waals surface area contributed by atoms with Gasteiger partial charge in [0.15, 0.2) is 0 Å². The van der Waals surface area contributed by atoms with Crippen LogP contribution in [0.15, 0.2) is 54.6 Å². The third-order valence-electron chi connectivity index (χ3n) is 4.30. The van der Waals surface area contributed by atoms with Crippen molar-refractivity contribution in [1.82, 2.24) is 10.6 Å². The molecule has 0 radical (unpaired) electrons. The zero-order chi connectivity index (χ0) is 21.9. The zero-order valence-electron chi connectivity index (χ0n) is 17.3. The van der Waals surface area contributed by atoms with Gasteiger partial charge in [0.25, 0.3) is 0 Å². The summed E-state index contributed by atoms with van der Waals surface area (Å²) < 4.78 is 0. The van der Waals surface area contributed by atoms with Crippen molar-refractivity contribution in [3.05, 3.63) is 65.2 Å². The van der Waals surface area contributed by atoms with E-state index in [1.807, 2.05) is 32.0 Å². The lowest BCUT2D eigenvalue weighted by Crippen LogP contribution is -2.41. The van der Waals surface area contributed by atoms with Crippen LogP contribution in [0.3, 0.4) is 0 Å². The molecule has 3 N–H and O–H groups in total. The first-order valence-electron chi connectivity index (χ1n) is 10.0. The van der Waals surface area contributed by atoms with E-state index in [-0.39, 0.29) is 30.1 Å². The largest absolute Gasteiger partial charge is 0.354 e. The Balaban J connectivity index is 1.83. The van der Waals surface area contributed by atoms with Crippen molar-refractivity contribution < 1.29 is 14.4 Å². The van der Waals surface area contributed by atoms with Gasteiger partial charge in [-0.2, -0.15) is 0 Å². The second kappa shape index (κ2) is 12.0. The third-order valence-corrected chi connectivity index (χ3v) is 4.55. The van der Waals surface area contributed by atoms with Crippen LogP contribution in [0.1, 0.15) is 44.7 Å². The Labute approximate surface area is 182 Å². The lowest BCUT2D eigenvalue weighted by atomic mass is 10.0. The molecule has 0 saturated carbocycles. The molecule has 1 atom stereocenters. The maximum atomic E-state index is 12.7. The van der Waals surface area contributed by atoms with E-state index < -0.39 is 6.04 Å². The molecule has 0 spiro atoms. The Morgan fingerprint density at radius 2 is 1.60 bits per heavy atom. The summed E-state index contributed by atoms with van der Waals surface area (Å²) in [6.07, 6.45) is 1.09. The van der Waals surface area contributed by atoms with Gasteiger partial charge in [0, 0.05) is 30.1 Å². The van der Waals surface area contributed by atoms with Crippen molar-refractivity contribution in [1.29, 1.82) is 0 Å². The van der Waals surface area contributed by atoms with E-state index in [2.05, 4.69) is 16.0 Å². The summed E-state index contributed by atoms with van der Waals surface area (Å²) in [5.74, 6) is -0.409. The molecule has 2 rings (SSSR count). The molecular formula is C23H28ClN3O3. The second-order valence-electron chi connectivity index (χ2n) is 7.46. The smallest absolute Gasteiger partial charge is 0.247 e. The molecule has 0 bridgehead atoms. The Hall–Kier alpha value is -2.86. The Morgan fingerprint density at radius 3 is 2.23 bits per heavy atom. The minimum absolute atomic E-state index is 0.142. The molecule has 7 heteroatoms. The highest BCUT2D eigenvalue weighted by atomic mass is 35.5. The average molecular weight is 430 g/mol. The van der Waals surface area contributed by atoms with E-state index in [1.54, 1.807) is 36.4 Å². The third kappa shape index (κ3) is 8.25. The van der Waals surface area contributed by atoms with Gasteiger partial charge in [-0.1, -0.05) is 55.8 Å². The van der Waals surface area contributed by atoms with Crippen LogP contribution in [-0.4, -0.2) is 24.3 Å². The Kier molecular flexibility index (Phi) is 9.35. The van der Waals surface area contributed by atoms with Crippen LogP contribution in [0.5, 0.6) is 0 Å². The van der Waals surface area contributed by atoms with Crippen molar-refractivity contribution in [2.24, 2.45) is 5.92 Å². The quantitative estimate of drug-likeness (QED) is 0.497. The van der Waals surface area contributed by atoms with E-state index >= 15 is 0 Å². The fourth-order valence-corrected chi connectivity index (χ4v) is 2.98. The van der Waals surface area contributed by atoms with E-state index in [0.717, 1.165) is 0 Å². The normalized spacial score (nSPS) is 11.6. The summed E-state index contributed by atoms with van der Waals surface area (Å²) in [7, 11) is 0. The Bertz CT molecular complexity index is 839. The van der Waals surface area contributed by atoms with Gasteiger partial charge in [-0.25, -0.2) is 0 Å². The monoisotopic (exact) mass is 429 g/mol. The number of carbonyl (C=O) groups is 3. The van der Waals surface area contributed by atoms with Crippen LogP contribution in [0, 0.1) is 5.92 Å². The molecule has 6 nitrogen and oxygen atoms in total. The van der Waals surface area contributed by atoms with Crippen LogP contribution >= 0.6 is 11.6 Å². The lowest BCUT2D eigenvalue weighted by molar-refractivity contribution is -0.129. The van der Waals surface area contributed by atoms with Crippen molar-refractivity contribution in [3.8, 4) is 0 Å². The van der Waals surface area contributed by atoms with Crippen LogP contribution in [0.2, 0.25) is 5.02 Å². The number of amides is 3. The Morgan fingerprint density at radius 1 is 0.933 bits per heavy atom. The number of anilines is 1. The van der Waals surface area contributed by atoms with E-state index in [1.165, 1.54) is 0 Å². The van der Waals surface area contributed by atoms with Crippen molar-refractivity contribution in [3.63, 3.8) is 0 Å². The van der Waals surface area contributed by atoms with E-state index in [0.29, 0.717) is 35.7 Å². The summed E-state index contributed by atoms with van der Waals surface area (Å²) in [5.41, 5.74) is 1.39. The summed E-state index contributed by atoms with van der Waals surface area (Å²) in [6, 6.07) is 15.2. The highest BCUT2D eigenvalue weighted by Crippen LogP contribution is 2.15. The van der Waals surface area contributed by atoms with Crippen LogP contribution in [0.4, 0.5) is 5.69 Å². The van der Waals surface area contributed by atoms with Gasteiger partial charge in [0.2, 0.25) is 17.7 Å². The molecule has 2 aromatic rings. The molecule has 30 heavy (non-hydrogen) atoms. The molecule has 0 aliphatic carbocycles. The van der Waals surface area contributed by atoms with Crippen LogP contribution < -0.4 is 16.0 Å². The average Bonchev–Trinajstić information content (AvgIpc) is 2.71. The summed E-state index contributed by atoms with van der Waals surface area (Å²) in [5, 5.41) is 9.01. The zero-order valence-corrected chi connectivity index (χ0v) is 18.0.